The minimum absolute atomic E-state index is 0.0180. The Balaban J connectivity index is 1.79. The van der Waals surface area contributed by atoms with Crippen molar-refractivity contribution in [2.45, 2.75) is 13.5 Å². The number of nitrogens with one attached hydrogen (secondary N) is 1. The molecular formula is C15H17N5O2S. The number of sulfonamides is 1. The first-order valence-electron chi connectivity index (χ1n) is 7.18. The van der Waals surface area contributed by atoms with Crippen molar-refractivity contribution in [1.82, 2.24) is 19.6 Å². The van der Waals surface area contributed by atoms with Crippen molar-refractivity contribution in [2.75, 3.05) is 10.5 Å². The number of nitrogens with zero attached hydrogens (tertiary/aromatic N) is 4. The third-order valence-corrected chi connectivity index (χ3v) is 4.63. The molecule has 0 unspecified atom stereocenters. The number of hydrogen-bond acceptors (Lipinski definition) is 4. The van der Waals surface area contributed by atoms with Crippen LogP contribution in [0.1, 0.15) is 12.5 Å². The lowest BCUT2D eigenvalue weighted by Crippen LogP contribution is -2.18. The Hall–Kier alpha value is -2.61. The van der Waals surface area contributed by atoms with Gasteiger partial charge in [-0.25, -0.2) is 17.8 Å². The summed E-state index contributed by atoms with van der Waals surface area (Å²) in [6.45, 7) is 2.02. The Bertz CT molecular complexity index is 884. The molecule has 0 radical (unpaired) electrons. The highest BCUT2D eigenvalue weighted by Crippen LogP contribution is 2.13. The van der Waals surface area contributed by atoms with E-state index in [1.165, 1.54) is 0 Å². The van der Waals surface area contributed by atoms with Gasteiger partial charge in [0.05, 0.1) is 30.4 Å². The number of hydrogen-bond donors (Lipinski definition) is 1. The lowest BCUT2D eigenvalue weighted by Gasteiger charge is -2.08. The largest absolute Gasteiger partial charge is 0.268 e. The van der Waals surface area contributed by atoms with Crippen molar-refractivity contribution in [2.24, 2.45) is 0 Å². The van der Waals surface area contributed by atoms with Crippen LogP contribution in [0, 0.1) is 0 Å². The molecule has 3 aromatic rings. The molecule has 23 heavy (non-hydrogen) atoms. The van der Waals surface area contributed by atoms with Crippen LogP contribution in [-0.2, 0) is 16.6 Å². The molecule has 120 valence electrons. The summed E-state index contributed by atoms with van der Waals surface area (Å²) in [5, 5.41) is 8.49. The second kappa shape index (κ2) is 6.25. The maximum atomic E-state index is 11.7. The molecule has 3 rings (SSSR count). The fourth-order valence-electron chi connectivity index (χ4n) is 2.11. The van der Waals surface area contributed by atoms with E-state index in [0.717, 1.165) is 11.3 Å². The van der Waals surface area contributed by atoms with Gasteiger partial charge in [0.25, 0.3) is 0 Å². The first kappa shape index (κ1) is 15.3. The van der Waals surface area contributed by atoms with E-state index in [9.17, 15) is 8.42 Å². The van der Waals surface area contributed by atoms with Crippen LogP contribution in [0.2, 0.25) is 0 Å². The topological polar surface area (TPSA) is 81.8 Å². The maximum absolute atomic E-state index is 11.7. The van der Waals surface area contributed by atoms with Crippen LogP contribution < -0.4 is 4.72 Å². The number of aromatic nitrogens is 4. The fourth-order valence-corrected chi connectivity index (χ4v) is 2.75. The first-order valence-corrected chi connectivity index (χ1v) is 8.84. The van der Waals surface area contributed by atoms with E-state index in [4.69, 9.17) is 0 Å². The van der Waals surface area contributed by atoms with E-state index in [1.807, 2.05) is 36.5 Å². The summed E-state index contributed by atoms with van der Waals surface area (Å²) in [4.78, 5) is 0. The Kier molecular flexibility index (Phi) is 4.16. The minimum atomic E-state index is -3.33. The second-order valence-electron chi connectivity index (χ2n) is 5.01. The zero-order valence-corrected chi connectivity index (χ0v) is 13.4. The molecule has 7 nitrogen and oxygen atoms in total. The highest BCUT2D eigenvalue weighted by Gasteiger charge is 2.11. The van der Waals surface area contributed by atoms with E-state index in [-0.39, 0.29) is 5.75 Å². The summed E-state index contributed by atoms with van der Waals surface area (Å²) in [5.41, 5.74) is 1.89. The van der Waals surface area contributed by atoms with Crippen molar-refractivity contribution in [3.8, 4) is 5.69 Å². The SMILES string of the molecule is CCS(=O)(=O)Nc1ccnn1Cc1cnn(-c2ccccc2)c1. The summed E-state index contributed by atoms with van der Waals surface area (Å²) < 4.78 is 29.3. The van der Waals surface area contributed by atoms with E-state index < -0.39 is 10.0 Å². The molecule has 2 heterocycles. The number of anilines is 1. The smallest absolute Gasteiger partial charge is 0.233 e. The van der Waals surface area contributed by atoms with Crippen LogP contribution in [0.5, 0.6) is 0 Å². The molecular weight excluding hydrogens is 314 g/mol. The van der Waals surface area contributed by atoms with Crippen molar-refractivity contribution < 1.29 is 8.42 Å². The Morgan fingerprint density at radius 3 is 2.65 bits per heavy atom. The monoisotopic (exact) mass is 331 g/mol. The summed E-state index contributed by atoms with van der Waals surface area (Å²) >= 11 is 0. The van der Waals surface area contributed by atoms with Crippen LogP contribution in [0.3, 0.4) is 0 Å². The van der Waals surface area contributed by atoms with Gasteiger partial charge in [0, 0.05) is 17.8 Å². The molecule has 0 aliphatic heterocycles. The quantitative estimate of drug-likeness (QED) is 0.748. The standard InChI is InChI=1S/C15H17N5O2S/c1-2-23(21,22)18-15-8-9-16-20(15)12-13-10-17-19(11-13)14-6-4-3-5-7-14/h3-11,18H,2,12H2,1H3. The van der Waals surface area contributed by atoms with Gasteiger partial charge in [-0.15, -0.1) is 0 Å². The molecule has 0 aliphatic carbocycles. The highest BCUT2D eigenvalue weighted by molar-refractivity contribution is 7.92. The summed E-state index contributed by atoms with van der Waals surface area (Å²) in [5.74, 6) is 0.462. The molecule has 0 spiro atoms. The fraction of sp³-hybridized carbons (Fsp3) is 0.200. The van der Waals surface area contributed by atoms with Crippen LogP contribution in [-0.4, -0.2) is 33.7 Å². The molecule has 0 amide bonds. The van der Waals surface area contributed by atoms with Gasteiger partial charge < -0.3 is 0 Å². The number of rotatable bonds is 6. The van der Waals surface area contributed by atoms with E-state index in [2.05, 4.69) is 14.9 Å². The van der Waals surface area contributed by atoms with Crippen LogP contribution >= 0.6 is 0 Å². The van der Waals surface area contributed by atoms with Gasteiger partial charge in [-0.3, -0.25) is 4.72 Å². The van der Waals surface area contributed by atoms with Gasteiger partial charge in [-0.1, -0.05) is 18.2 Å². The molecule has 2 aromatic heterocycles. The summed E-state index contributed by atoms with van der Waals surface area (Å²) in [7, 11) is -3.33. The lowest BCUT2D eigenvalue weighted by molar-refractivity contribution is 0.600. The van der Waals surface area contributed by atoms with Crippen molar-refractivity contribution >= 4 is 15.8 Å². The van der Waals surface area contributed by atoms with E-state index in [0.29, 0.717) is 12.4 Å². The molecule has 0 bridgehead atoms. The zero-order chi connectivity index (χ0) is 16.3. The summed E-state index contributed by atoms with van der Waals surface area (Å²) in [6.07, 6.45) is 5.21. The summed E-state index contributed by atoms with van der Waals surface area (Å²) in [6, 6.07) is 11.4. The molecule has 0 aliphatic rings. The third kappa shape index (κ3) is 3.59. The Morgan fingerprint density at radius 2 is 1.91 bits per heavy atom. The molecule has 0 saturated carbocycles. The van der Waals surface area contributed by atoms with Gasteiger partial charge in [0.15, 0.2) is 0 Å². The van der Waals surface area contributed by atoms with Crippen LogP contribution in [0.15, 0.2) is 55.0 Å². The molecule has 0 saturated heterocycles. The number of para-hydroxylation sites is 1. The normalized spacial score (nSPS) is 11.5. The van der Waals surface area contributed by atoms with Crippen LogP contribution in [0.25, 0.3) is 5.69 Å². The van der Waals surface area contributed by atoms with Gasteiger partial charge in [-0.05, 0) is 19.1 Å². The average molecular weight is 331 g/mol. The average Bonchev–Trinajstić information content (AvgIpc) is 3.19. The zero-order valence-electron chi connectivity index (χ0n) is 12.6. The first-order chi connectivity index (χ1) is 11.1. The van der Waals surface area contributed by atoms with Crippen LogP contribution in [0.4, 0.5) is 5.82 Å². The Labute approximate surface area is 134 Å². The number of benzene rings is 1. The third-order valence-electron chi connectivity index (χ3n) is 3.35. The highest BCUT2D eigenvalue weighted by atomic mass is 32.2. The lowest BCUT2D eigenvalue weighted by atomic mass is 10.3. The van der Waals surface area contributed by atoms with Gasteiger partial charge in [0.1, 0.15) is 5.82 Å². The predicted octanol–water partition coefficient (Wildman–Crippen LogP) is 1.88. The van der Waals surface area contributed by atoms with Crippen molar-refractivity contribution in [3.05, 3.63) is 60.6 Å². The molecule has 0 atom stereocenters. The molecule has 1 N–H and O–H groups in total. The van der Waals surface area contributed by atoms with Crippen molar-refractivity contribution in [3.63, 3.8) is 0 Å². The Morgan fingerprint density at radius 1 is 1.13 bits per heavy atom. The maximum Gasteiger partial charge on any atom is 0.233 e. The van der Waals surface area contributed by atoms with E-state index in [1.54, 1.807) is 34.7 Å². The van der Waals surface area contributed by atoms with Crippen molar-refractivity contribution in [1.29, 1.82) is 0 Å². The predicted molar refractivity (Wildman–Crippen MR) is 88.0 cm³/mol. The van der Waals surface area contributed by atoms with Gasteiger partial charge in [0.2, 0.25) is 10.0 Å². The van der Waals surface area contributed by atoms with E-state index >= 15 is 0 Å². The minimum Gasteiger partial charge on any atom is -0.268 e. The van der Waals surface area contributed by atoms with Gasteiger partial charge in [-0.2, -0.15) is 10.2 Å². The second-order valence-corrected chi connectivity index (χ2v) is 7.02. The van der Waals surface area contributed by atoms with Gasteiger partial charge >= 0.3 is 0 Å². The molecule has 0 fully saturated rings. The molecule has 1 aromatic carbocycles. The molecule has 8 heteroatoms.